The minimum Gasteiger partial charge on any atom is -0.342 e. The molecule has 0 aliphatic carbocycles. The lowest BCUT2D eigenvalue weighted by Crippen LogP contribution is -2.29. The highest BCUT2D eigenvalue weighted by Crippen LogP contribution is 2.27. The van der Waals surface area contributed by atoms with E-state index in [1.165, 1.54) is 11.8 Å². The van der Waals surface area contributed by atoms with Crippen molar-refractivity contribution < 1.29 is 4.79 Å². The van der Waals surface area contributed by atoms with E-state index in [9.17, 15) is 4.79 Å². The van der Waals surface area contributed by atoms with Gasteiger partial charge in [0.25, 0.3) is 5.91 Å². The lowest BCUT2D eigenvalue weighted by atomic mass is 10.1. The van der Waals surface area contributed by atoms with E-state index in [-0.39, 0.29) is 11.8 Å². The molecular weight excluding hydrogens is 290 g/mol. The molecule has 3 heterocycles. The molecule has 1 aliphatic heterocycles. The molecule has 1 unspecified atom stereocenters. The van der Waals surface area contributed by atoms with Crippen molar-refractivity contribution in [1.29, 1.82) is 0 Å². The Balaban J connectivity index is 1.54. The molecule has 0 saturated carbocycles. The average Bonchev–Trinajstić information content (AvgIpc) is 3.21. The summed E-state index contributed by atoms with van der Waals surface area (Å²) in [6.45, 7) is 3.45. The lowest BCUT2D eigenvalue weighted by molar-refractivity contribution is 0.0784. The van der Waals surface area contributed by atoms with E-state index in [4.69, 9.17) is 0 Å². The monoisotopic (exact) mass is 307 g/mol. The molecular formula is C17H17N5O. The fourth-order valence-electron chi connectivity index (χ4n) is 3.08. The van der Waals surface area contributed by atoms with E-state index in [1.807, 2.05) is 11.0 Å². The number of nitrogens with one attached hydrogen (secondary N) is 1. The molecule has 1 aliphatic rings. The van der Waals surface area contributed by atoms with Gasteiger partial charge in [0.1, 0.15) is 11.5 Å². The summed E-state index contributed by atoms with van der Waals surface area (Å²) in [7, 11) is 0. The number of hydrogen-bond acceptors (Lipinski definition) is 4. The summed E-state index contributed by atoms with van der Waals surface area (Å²) in [4.78, 5) is 30.4. The first-order valence-corrected chi connectivity index (χ1v) is 7.72. The minimum atomic E-state index is -0.0624. The van der Waals surface area contributed by atoms with Crippen LogP contribution in [0.5, 0.6) is 0 Å². The van der Waals surface area contributed by atoms with Gasteiger partial charge in [-0.05, 0) is 31.0 Å². The first kappa shape index (κ1) is 13.9. The highest BCUT2D eigenvalue weighted by Gasteiger charge is 2.30. The zero-order valence-electron chi connectivity index (χ0n) is 12.9. The number of carbonyl (C=O) groups is 1. The Labute approximate surface area is 133 Å². The number of benzene rings is 1. The van der Waals surface area contributed by atoms with Gasteiger partial charge in [-0.25, -0.2) is 9.97 Å². The second kappa shape index (κ2) is 5.46. The number of imidazole rings is 1. The van der Waals surface area contributed by atoms with Crippen LogP contribution < -0.4 is 0 Å². The molecule has 0 spiro atoms. The van der Waals surface area contributed by atoms with Gasteiger partial charge in [-0.1, -0.05) is 6.07 Å². The summed E-state index contributed by atoms with van der Waals surface area (Å²) < 4.78 is 0. The molecule has 3 aromatic rings. The van der Waals surface area contributed by atoms with Crippen LogP contribution in [-0.2, 0) is 0 Å². The highest BCUT2D eigenvalue weighted by molar-refractivity contribution is 5.92. The van der Waals surface area contributed by atoms with Crippen LogP contribution in [0, 0.1) is 6.92 Å². The van der Waals surface area contributed by atoms with E-state index in [2.05, 4.69) is 39.0 Å². The molecule has 6 nitrogen and oxygen atoms in total. The molecule has 1 N–H and O–H groups in total. The number of nitrogens with zero attached hydrogens (tertiary/aromatic N) is 4. The van der Waals surface area contributed by atoms with Gasteiger partial charge >= 0.3 is 0 Å². The Bertz CT molecular complexity index is 858. The molecule has 0 radical (unpaired) electrons. The Hall–Kier alpha value is -2.76. The standard InChI is InChI=1S/C17H17N5O/c1-11-2-3-13-14(8-11)21-16(20-13)12-4-7-22(10-12)17(23)15-9-18-5-6-19-15/h2-3,5-6,8-9,12H,4,7,10H2,1H3,(H,20,21). The predicted molar refractivity (Wildman–Crippen MR) is 86.1 cm³/mol. The molecule has 6 heteroatoms. The molecule has 23 heavy (non-hydrogen) atoms. The van der Waals surface area contributed by atoms with E-state index >= 15 is 0 Å². The van der Waals surface area contributed by atoms with E-state index in [0.29, 0.717) is 12.2 Å². The third-order valence-corrected chi connectivity index (χ3v) is 4.30. The number of likely N-dealkylation sites (tertiary alicyclic amines) is 1. The fourth-order valence-corrected chi connectivity index (χ4v) is 3.08. The Morgan fingerprint density at radius 1 is 1.35 bits per heavy atom. The van der Waals surface area contributed by atoms with Crippen LogP contribution >= 0.6 is 0 Å². The number of rotatable bonds is 2. The van der Waals surface area contributed by atoms with Crippen molar-refractivity contribution in [1.82, 2.24) is 24.8 Å². The molecule has 1 saturated heterocycles. The van der Waals surface area contributed by atoms with Crippen molar-refractivity contribution in [3.63, 3.8) is 0 Å². The van der Waals surface area contributed by atoms with Crippen molar-refractivity contribution in [2.75, 3.05) is 13.1 Å². The summed E-state index contributed by atoms with van der Waals surface area (Å²) in [5, 5.41) is 0. The van der Waals surface area contributed by atoms with Gasteiger partial charge in [-0.3, -0.25) is 9.78 Å². The van der Waals surface area contributed by atoms with Gasteiger partial charge in [0.05, 0.1) is 17.2 Å². The number of aromatic nitrogens is 4. The summed E-state index contributed by atoms with van der Waals surface area (Å²) in [6, 6.07) is 6.19. The average molecular weight is 307 g/mol. The highest BCUT2D eigenvalue weighted by atomic mass is 16.2. The zero-order valence-corrected chi connectivity index (χ0v) is 12.9. The first-order valence-electron chi connectivity index (χ1n) is 7.72. The van der Waals surface area contributed by atoms with Crippen LogP contribution in [-0.4, -0.2) is 43.8 Å². The molecule has 2 aromatic heterocycles. The van der Waals surface area contributed by atoms with Gasteiger partial charge in [-0.15, -0.1) is 0 Å². The van der Waals surface area contributed by atoms with Crippen LogP contribution in [0.25, 0.3) is 11.0 Å². The van der Waals surface area contributed by atoms with Crippen LogP contribution in [0.4, 0.5) is 0 Å². The quantitative estimate of drug-likeness (QED) is 0.788. The molecule has 4 rings (SSSR count). The maximum absolute atomic E-state index is 12.4. The first-order chi connectivity index (χ1) is 11.2. The lowest BCUT2D eigenvalue weighted by Gasteiger charge is -2.15. The number of fused-ring (bicyclic) bond motifs is 1. The van der Waals surface area contributed by atoms with Crippen molar-refractivity contribution in [3.05, 3.63) is 53.9 Å². The number of hydrogen-bond donors (Lipinski definition) is 1. The SMILES string of the molecule is Cc1ccc2nc(C3CCN(C(=O)c4cnccn4)C3)[nH]c2c1. The van der Waals surface area contributed by atoms with Crippen LogP contribution in [0.2, 0.25) is 0 Å². The number of amides is 1. The summed E-state index contributed by atoms with van der Waals surface area (Å²) in [5.74, 6) is 1.14. The van der Waals surface area contributed by atoms with E-state index < -0.39 is 0 Å². The van der Waals surface area contributed by atoms with Crippen LogP contribution in [0.3, 0.4) is 0 Å². The van der Waals surface area contributed by atoms with Crippen molar-refractivity contribution in [2.45, 2.75) is 19.3 Å². The topological polar surface area (TPSA) is 74.8 Å². The van der Waals surface area contributed by atoms with Crippen molar-refractivity contribution in [3.8, 4) is 0 Å². The van der Waals surface area contributed by atoms with Gasteiger partial charge in [-0.2, -0.15) is 0 Å². The maximum Gasteiger partial charge on any atom is 0.274 e. The van der Waals surface area contributed by atoms with Gasteiger partial charge in [0, 0.05) is 31.4 Å². The molecule has 1 fully saturated rings. The van der Waals surface area contributed by atoms with E-state index in [1.54, 1.807) is 12.4 Å². The Kier molecular flexibility index (Phi) is 3.29. The van der Waals surface area contributed by atoms with Crippen molar-refractivity contribution in [2.24, 2.45) is 0 Å². The number of carbonyl (C=O) groups excluding carboxylic acids is 1. The molecule has 1 amide bonds. The normalized spacial score (nSPS) is 17.8. The van der Waals surface area contributed by atoms with E-state index in [0.717, 1.165) is 29.8 Å². The predicted octanol–water partition coefficient (Wildman–Crippen LogP) is 2.29. The molecule has 1 atom stereocenters. The van der Waals surface area contributed by atoms with Gasteiger partial charge in [0.2, 0.25) is 0 Å². The molecule has 0 bridgehead atoms. The second-order valence-corrected chi connectivity index (χ2v) is 5.97. The smallest absolute Gasteiger partial charge is 0.274 e. The Morgan fingerprint density at radius 3 is 3.09 bits per heavy atom. The second-order valence-electron chi connectivity index (χ2n) is 5.97. The fraction of sp³-hybridized carbons (Fsp3) is 0.294. The van der Waals surface area contributed by atoms with Gasteiger partial charge in [0.15, 0.2) is 0 Å². The summed E-state index contributed by atoms with van der Waals surface area (Å²) in [6.07, 6.45) is 5.53. The molecule has 116 valence electrons. The zero-order chi connectivity index (χ0) is 15.8. The Morgan fingerprint density at radius 2 is 2.26 bits per heavy atom. The van der Waals surface area contributed by atoms with Crippen LogP contribution in [0.1, 0.15) is 34.2 Å². The molecule has 1 aromatic carbocycles. The number of aromatic amines is 1. The largest absolute Gasteiger partial charge is 0.342 e. The summed E-state index contributed by atoms with van der Waals surface area (Å²) in [5.41, 5.74) is 3.63. The maximum atomic E-state index is 12.4. The minimum absolute atomic E-state index is 0.0624. The third-order valence-electron chi connectivity index (χ3n) is 4.30. The summed E-state index contributed by atoms with van der Waals surface area (Å²) >= 11 is 0. The number of H-pyrrole nitrogens is 1. The van der Waals surface area contributed by atoms with Gasteiger partial charge < -0.3 is 9.88 Å². The number of aryl methyl sites for hydroxylation is 1. The van der Waals surface area contributed by atoms with Crippen LogP contribution in [0.15, 0.2) is 36.8 Å². The third kappa shape index (κ3) is 2.56. The van der Waals surface area contributed by atoms with Crippen molar-refractivity contribution >= 4 is 16.9 Å².